The Labute approximate surface area is 101 Å². The van der Waals surface area contributed by atoms with Gasteiger partial charge in [0.1, 0.15) is 5.82 Å². The largest absolute Gasteiger partial charge is 0.369 e. The normalized spacial score (nSPS) is 23.5. The van der Waals surface area contributed by atoms with E-state index in [4.69, 9.17) is 0 Å². The van der Waals surface area contributed by atoms with Gasteiger partial charge in [-0.05, 0) is 6.42 Å². The summed E-state index contributed by atoms with van der Waals surface area (Å²) in [4.78, 5) is 0. The van der Waals surface area contributed by atoms with Crippen molar-refractivity contribution in [1.29, 1.82) is 0 Å². The highest BCUT2D eigenvalue weighted by Crippen LogP contribution is 2.06. The summed E-state index contributed by atoms with van der Waals surface area (Å²) >= 11 is 0. The van der Waals surface area contributed by atoms with E-state index in [1.165, 1.54) is 0 Å². The highest BCUT2D eigenvalue weighted by molar-refractivity contribution is 7.91. The first-order valence-corrected chi connectivity index (χ1v) is 7.55. The van der Waals surface area contributed by atoms with Crippen molar-refractivity contribution >= 4 is 15.7 Å². The second-order valence-corrected chi connectivity index (χ2v) is 6.58. The Balaban J connectivity index is 1.75. The summed E-state index contributed by atoms with van der Waals surface area (Å²) in [5.41, 5.74) is 0. The van der Waals surface area contributed by atoms with Gasteiger partial charge in [0.2, 0.25) is 0 Å². The number of nitrogens with zero attached hydrogens (tertiary/aromatic N) is 2. The molecule has 7 heteroatoms. The first-order chi connectivity index (χ1) is 8.05. The molecule has 0 saturated carbocycles. The third-order valence-corrected chi connectivity index (χ3v) is 4.55. The monoisotopic (exact) mass is 258 g/mol. The molecule has 0 spiro atoms. The predicted octanol–water partition coefficient (Wildman–Crippen LogP) is -0.391. The second kappa shape index (κ2) is 5.05. The van der Waals surface area contributed by atoms with Crippen LogP contribution in [-0.4, -0.2) is 48.8 Å². The van der Waals surface area contributed by atoms with Gasteiger partial charge in [-0.25, -0.2) is 8.42 Å². The number of anilines is 1. The van der Waals surface area contributed by atoms with E-state index in [0.29, 0.717) is 6.54 Å². The maximum atomic E-state index is 11.4. The van der Waals surface area contributed by atoms with Crippen LogP contribution in [0.3, 0.4) is 0 Å². The molecule has 0 radical (unpaired) electrons. The zero-order chi connectivity index (χ0) is 12.3. The lowest BCUT2D eigenvalue weighted by Gasteiger charge is -2.23. The average Bonchev–Trinajstić information content (AvgIpc) is 2.63. The lowest BCUT2D eigenvalue weighted by Crippen LogP contribution is -2.45. The molecule has 1 aromatic heterocycles. The zero-order valence-corrected chi connectivity index (χ0v) is 10.7. The van der Waals surface area contributed by atoms with Crippen LogP contribution in [0.15, 0.2) is 12.3 Å². The Morgan fingerprint density at radius 2 is 2.47 bits per heavy atom. The first kappa shape index (κ1) is 12.4. The molecule has 0 aliphatic carbocycles. The molecule has 1 aliphatic rings. The summed E-state index contributed by atoms with van der Waals surface area (Å²) in [6, 6.07) is 1.95. The van der Waals surface area contributed by atoms with E-state index >= 15 is 0 Å². The molecule has 2 heterocycles. The fourth-order valence-electron chi connectivity index (χ4n) is 1.94. The molecule has 0 bridgehead atoms. The Hall–Kier alpha value is -1.08. The van der Waals surface area contributed by atoms with Crippen molar-refractivity contribution in [3.63, 3.8) is 0 Å². The summed E-state index contributed by atoms with van der Waals surface area (Å²) in [5, 5.41) is 10.6. The van der Waals surface area contributed by atoms with Crippen molar-refractivity contribution in [1.82, 2.24) is 15.1 Å². The van der Waals surface area contributed by atoms with Crippen molar-refractivity contribution < 1.29 is 8.42 Å². The van der Waals surface area contributed by atoms with E-state index in [-0.39, 0.29) is 17.5 Å². The number of rotatable bonds is 4. The minimum Gasteiger partial charge on any atom is -0.369 e. The zero-order valence-electron chi connectivity index (χ0n) is 9.89. The van der Waals surface area contributed by atoms with Crippen LogP contribution in [0.1, 0.15) is 6.42 Å². The Bertz CT molecular complexity index is 468. The lowest BCUT2D eigenvalue weighted by molar-refractivity contribution is 0.502. The maximum absolute atomic E-state index is 11.4. The van der Waals surface area contributed by atoms with Crippen LogP contribution in [0.5, 0.6) is 0 Å². The highest BCUT2D eigenvalue weighted by atomic mass is 32.2. The molecular formula is C10H18N4O2S. The molecule has 2 rings (SSSR count). The minimum absolute atomic E-state index is 0.0602. The Kier molecular flexibility index (Phi) is 3.68. The van der Waals surface area contributed by atoms with Crippen molar-refractivity contribution in [3.05, 3.63) is 12.3 Å². The quantitative estimate of drug-likeness (QED) is 0.769. The van der Waals surface area contributed by atoms with Crippen LogP contribution in [0, 0.1) is 0 Å². The third kappa shape index (κ3) is 3.71. The van der Waals surface area contributed by atoms with Crippen LogP contribution in [0.4, 0.5) is 5.82 Å². The van der Waals surface area contributed by atoms with Gasteiger partial charge in [-0.3, -0.25) is 4.68 Å². The maximum Gasteiger partial charge on any atom is 0.153 e. The van der Waals surface area contributed by atoms with Crippen LogP contribution < -0.4 is 10.6 Å². The van der Waals surface area contributed by atoms with Gasteiger partial charge < -0.3 is 10.6 Å². The molecule has 1 aliphatic heterocycles. The number of hydrogen-bond acceptors (Lipinski definition) is 5. The second-order valence-electron chi connectivity index (χ2n) is 4.36. The van der Waals surface area contributed by atoms with Crippen molar-refractivity contribution in [2.75, 3.05) is 29.9 Å². The Morgan fingerprint density at radius 1 is 1.65 bits per heavy atom. The molecule has 2 N–H and O–H groups in total. The Morgan fingerprint density at radius 3 is 3.12 bits per heavy atom. The molecule has 0 aromatic carbocycles. The molecule has 0 amide bonds. The van der Waals surface area contributed by atoms with Gasteiger partial charge >= 0.3 is 0 Å². The van der Waals surface area contributed by atoms with Crippen molar-refractivity contribution in [2.45, 2.75) is 12.5 Å². The molecule has 1 saturated heterocycles. The number of aromatic nitrogens is 2. The summed E-state index contributed by atoms with van der Waals surface area (Å²) < 4.78 is 24.6. The van der Waals surface area contributed by atoms with Crippen LogP contribution >= 0.6 is 0 Å². The average molecular weight is 258 g/mol. The van der Waals surface area contributed by atoms with E-state index in [9.17, 15) is 8.42 Å². The highest BCUT2D eigenvalue weighted by Gasteiger charge is 2.23. The summed E-state index contributed by atoms with van der Waals surface area (Å²) in [5.74, 6) is 1.33. The molecule has 1 unspecified atom stereocenters. The van der Waals surface area contributed by atoms with Crippen molar-refractivity contribution in [3.8, 4) is 0 Å². The van der Waals surface area contributed by atoms with Gasteiger partial charge in [0.05, 0.1) is 11.5 Å². The number of nitrogens with one attached hydrogen (secondary N) is 2. The fourth-order valence-corrected chi connectivity index (χ4v) is 3.43. The minimum atomic E-state index is -2.83. The molecule has 6 nitrogen and oxygen atoms in total. The first-order valence-electron chi connectivity index (χ1n) is 5.72. The van der Waals surface area contributed by atoms with E-state index in [2.05, 4.69) is 15.7 Å². The van der Waals surface area contributed by atoms with Gasteiger partial charge in [0.15, 0.2) is 9.84 Å². The summed E-state index contributed by atoms with van der Waals surface area (Å²) in [6.45, 7) is 1.29. The standard InChI is InChI=1S/C10H18N4O2S/c1-14-6-3-10(13-14)12-4-2-9-8-17(15,16)7-5-11-9/h3,6,9,11H,2,4-5,7-8H2,1H3,(H,12,13). The fraction of sp³-hybridized carbons (Fsp3) is 0.700. The van der Waals surface area contributed by atoms with Gasteiger partial charge in [-0.1, -0.05) is 0 Å². The molecule has 96 valence electrons. The molecule has 1 atom stereocenters. The van der Waals surface area contributed by atoms with Crippen LogP contribution in [0.25, 0.3) is 0 Å². The molecular weight excluding hydrogens is 240 g/mol. The van der Waals surface area contributed by atoms with Gasteiger partial charge in [0, 0.05) is 38.4 Å². The lowest BCUT2D eigenvalue weighted by atomic mass is 10.2. The van der Waals surface area contributed by atoms with E-state index < -0.39 is 9.84 Å². The number of hydrogen-bond donors (Lipinski definition) is 2. The summed E-state index contributed by atoms with van der Waals surface area (Å²) in [7, 11) is -0.971. The predicted molar refractivity (Wildman–Crippen MR) is 66.8 cm³/mol. The number of aryl methyl sites for hydroxylation is 1. The van der Waals surface area contributed by atoms with E-state index in [1.54, 1.807) is 4.68 Å². The van der Waals surface area contributed by atoms with Gasteiger partial charge in [-0.15, -0.1) is 0 Å². The summed E-state index contributed by atoms with van der Waals surface area (Å²) in [6.07, 6.45) is 2.65. The molecule has 17 heavy (non-hydrogen) atoms. The van der Waals surface area contributed by atoms with Gasteiger partial charge in [0.25, 0.3) is 0 Å². The van der Waals surface area contributed by atoms with Gasteiger partial charge in [-0.2, -0.15) is 5.10 Å². The van der Waals surface area contributed by atoms with E-state index in [1.807, 2.05) is 19.3 Å². The van der Waals surface area contributed by atoms with Crippen molar-refractivity contribution in [2.24, 2.45) is 7.05 Å². The smallest absolute Gasteiger partial charge is 0.153 e. The van der Waals surface area contributed by atoms with E-state index in [0.717, 1.165) is 18.8 Å². The molecule has 1 fully saturated rings. The number of sulfone groups is 1. The molecule has 1 aromatic rings. The van der Waals surface area contributed by atoms with Crippen LogP contribution in [-0.2, 0) is 16.9 Å². The SMILES string of the molecule is Cn1ccc(NCCC2CS(=O)(=O)CCN2)n1. The third-order valence-electron chi connectivity index (χ3n) is 2.81. The van der Waals surface area contributed by atoms with Crippen LogP contribution in [0.2, 0.25) is 0 Å². The topological polar surface area (TPSA) is 76.0 Å².